The Morgan fingerprint density at radius 3 is 2.53 bits per heavy atom. The lowest BCUT2D eigenvalue weighted by Gasteiger charge is -2.18. The molecular formula is C21H24N4O4S. The molecule has 1 aliphatic heterocycles. The molecule has 0 spiro atoms. The van der Waals surface area contributed by atoms with Crippen LogP contribution in [0.1, 0.15) is 48.5 Å². The first kappa shape index (κ1) is 21.5. The van der Waals surface area contributed by atoms with E-state index < -0.39 is 10.8 Å². The van der Waals surface area contributed by atoms with E-state index in [0.29, 0.717) is 11.4 Å². The number of nitrogens with one attached hydrogen (secondary N) is 2. The van der Waals surface area contributed by atoms with Crippen LogP contribution in [0.3, 0.4) is 0 Å². The number of carbonyl (C=O) groups excluding carboxylic acids is 1. The van der Waals surface area contributed by atoms with E-state index in [4.69, 9.17) is 12.2 Å². The molecule has 2 aromatic carbocycles. The molecule has 1 fully saturated rings. The second-order valence-corrected chi connectivity index (χ2v) is 7.90. The summed E-state index contributed by atoms with van der Waals surface area (Å²) in [5.41, 5.74) is 1.92. The fourth-order valence-corrected chi connectivity index (χ4v) is 3.58. The van der Waals surface area contributed by atoms with Gasteiger partial charge in [-0.15, -0.1) is 0 Å². The molecule has 0 aliphatic carbocycles. The summed E-state index contributed by atoms with van der Waals surface area (Å²) in [4.78, 5) is 25.6. The minimum atomic E-state index is -0.567. The molecule has 0 unspecified atom stereocenters. The number of phenols is 1. The first-order valence-electron chi connectivity index (χ1n) is 9.75. The fraction of sp³-hybridized carbons (Fsp3) is 0.333. The molecule has 0 aromatic heterocycles. The normalized spacial score (nSPS) is 13.4. The highest BCUT2D eigenvalue weighted by molar-refractivity contribution is 7.80. The first-order chi connectivity index (χ1) is 14.3. The van der Waals surface area contributed by atoms with Crippen molar-refractivity contribution in [2.24, 2.45) is 0 Å². The van der Waals surface area contributed by atoms with E-state index in [1.807, 2.05) is 24.8 Å². The van der Waals surface area contributed by atoms with Crippen LogP contribution < -0.4 is 15.5 Å². The standard InChI is InChI=1S/C21H24N4O4S/c1-13(2)14-6-8-19(26)16(11-14)22-21(30)23-20(27)15-5-7-17(18(12-15)25(28)29)24-9-3-4-10-24/h5-8,11-13,26H,3-4,9-10H2,1-2H3,(H2,22,23,27,30). The van der Waals surface area contributed by atoms with Crippen LogP contribution in [0.5, 0.6) is 5.75 Å². The molecular weight excluding hydrogens is 404 g/mol. The lowest BCUT2D eigenvalue weighted by Crippen LogP contribution is -2.34. The molecule has 1 aliphatic rings. The summed E-state index contributed by atoms with van der Waals surface area (Å²) in [5.74, 6) is -0.311. The average Bonchev–Trinajstić information content (AvgIpc) is 3.23. The molecule has 30 heavy (non-hydrogen) atoms. The van der Waals surface area contributed by atoms with Crippen molar-refractivity contribution in [3.63, 3.8) is 0 Å². The van der Waals surface area contributed by atoms with Crippen molar-refractivity contribution in [1.82, 2.24) is 5.32 Å². The predicted molar refractivity (Wildman–Crippen MR) is 120 cm³/mol. The first-order valence-corrected chi connectivity index (χ1v) is 10.2. The fourth-order valence-electron chi connectivity index (χ4n) is 3.38. The van der Waals surface area contributed by atoms with Gasteiger partial charge in [-0.3, -0.25) is 20.2 Å². The molecule has 9 heteroatoms. The van der Waals surface area contributed by atoms with E-state index in [-0.39, 0.29) is 28.0 Å². The lowest BCUT2D eigenvalue weighted by molar-refractivity contribution is -0.384. The van der Waals surface area contributed by atoms with Gasteiger partial charge >= 0.3 is 0 Å². The van der Waals surface area contributed by atoms with Crippen molar-refractivity contribution in [3.8, 4) is 5.75 Å². The Balaban J connectivity index is 1.74. The predicted octanol–water partition coefficient (Wildman–Crippen LogP) is 4.15. The summed E-state index contributed by atoms with van der Waals surface area (Å²) >= 11 is 5.18. The SMILES string of the molecule is CC(C)c1ccc(O)c(NC(=S)NC(=O)c2ccc(N3CCCC3)c([N+](=O)[O-])c2)c1. The van der Waals surface area contributed by atoms with Crippen LogP contribution in [0.25, 0.3) is 0 Å². The van der Waals surface area contributed by atoms with E-state index in [1.54, 1.807) is 24.3 Å². The van der Waals surface area contributed by atoms with Crippen molar-refractivity contribution in [3.05, 3.63) is 57.6 Å². The molecule has 158 valence electrons. The van der Waals surface area contributed by atoms with E-state index >= 15 is 0 Å². The summed E-state index contributed by atoms with van der Waals surface area (Å²) in [5, 5.41) is 26.9. The highest BCUT2D eigenvalue weighted by Crippen LogP contribution is 2.32. The van der Waals surface area contributed by atoms with E-state index in [9.17, 15) is 20.0 Å². The van der Waals surface area contributed by atoms with Gasteiger partial charge in [0.2, 0.25) is 0 Å². The maximum absolute atomic E-state index is 12.6. The van der Waals surface area contributed by atoms with E-state index in [1.165, 1.54) is 6.07 Å². The summed E-state index contributed by atoms with van der Waals surface area (Å²) in [6.07, 6.45) is 1.98. The monoisotopic (exact) mass is 428 g/mol. The second kappa shape index (κ2) is 9.08. The summed E-state index contributed by atoms with van der Waals surface area (Å²) < 4.78 is 0. The molecule has 1 amide bonds. The minimum Gasteiger partial charge on any atom is -0.506 e. The third-order valence-electron chi connectivity index (χ3n) is 5.04. The lowest BCUT2D eigenvalue weighted by atomic mass is 10.0. The van der Waals surface area contributed by atoms with E-state index in [0.717, 1.165) is 31.5 Å². The van der Waals surface area contributed by atoms with Crippen LogP contribution in [0.15, 0.2) is 36.4 Å². The van der Waals surface area contributed by atoms with Crippen LogP contribution in [-0.4, -0.2) is 34.1 Å². The van der Waals surface area contributed by atoms with Crippen LogP contribution in [0.4, 0.5) is 17.1 Å². The minimum absolute atomic E-state index is 0.00148. The Morgan fingerprint density at radius 1 is 1.20 bits per heavy atom. The Hall–Kier alpha value is -3.20. The molecule has 0 bridgehead atoms. The molecule has 0 saturated carbocycles. The van der Waals surface area contributed by atoms with Crippen molar-refractivity contribution in [1.29, 1.82) is 0 Å². The Labute approximate surface area is 180 Å². The highest BCUT2D eigenvalue weighted by atomic mass is 32.1. The maximum Gasteiger partial charge on any atom is 0.293 e. The molecule has 3 N–H and O–H groups in total. The largest absolute Gasteiger partial charge is 0.506 e. The Morgan fingerprint density at radius 2 is 1.90 bits per heavy atom. The van der Waals surface area contributed by atoms with Gasteiger partial charge in [-0.05, 0) is 60.8 Å². The van der Waals surface area contributed by atoms with Gasteiger partial charge in [-0.1, -0.05) is 19.9 Å². The summed E-state index contributed by atoms with van der Waals surface area (Å²) in [6, 6.07) is 9.55. The van der Waals surface area contributed by atoms with Crippen LogP contribution in [0, 0.1) is 10.1 Å². The zero-order chi connectivity index (χ0) is 21.8. The van der Waals surface area contributed by atoms with Gasteiger partial charge in [0.25, 0.3) is 11.6 Å². The summed E-state index contributed by atoms with van der Waals surface area (Å²) in [7, 11) is 0. The van der Waals surface area contributed by atoms with Gasteiger partial charge in [0.15, 0.2) is 5.11 Å². The molecule has 3 rings (SSSR count). The third kappa shape index (κ3) is 4.85. The number of thiocarbonyl (C=S) groups is 1. The molecule has 0 atom stereocenters. The third-order valence-corrected chi connectivity index (χ3v) is 5.25. The zero-order valence-electron chi connectivity index (χ0n) is 16.8. The molecule has 0 radical (unpaired) electrons. The zero-order valence-corrected chi connectivity index (χ0v) is 17.7. The number of nitro groups is 1. The van der Waals surface area contributed by atoms with Gasteiger partial charge in [0, 0.05) is 24.7 Å². The summed E-state index contributed by atoms with van der Waals surface area (Å²) in [6.45, 7) is 5.57. The number of benzene rings is 2. The van der Waals surface area contributed by atoms with Gasteiger partial charge < -0.3 is 15.3 Å². The average molecular weight is 429 g/mol. The number of carbonyl (C=O) groups is 1. The smallest absolute Gasteiger partial charge is 0.293 e. The number of amides is 1. The number of hydrogen-bond acceptors (Lipinski definition) is 6. The van der Waals surface area contributed by atoms with Gasteiger partial charge in [-0.25, -0.2) is 0 Å². The number of rotatable bonds is 5. The van der Waals surface area contributed by atoms with Crippen molar-refractivity contribution < 1.29 is 14.8 Å². The van der Waals surface area contributed by atoms with Crippen LogP contribution in [-0.2, 0) is 0 Å². The number of anilines is 2. The number of aromatic hydroxyl groups is 1. The van der Waals surface area contributed by atoms with Gasteiger partial charge in [0.05, 0.1) is 10.6 Å². The van der Waals surface area contributed by atoms with Gasteiger partial charge in [0.1, 0.15) is 11.4 Å². The number of nitrogens with zero attached hydrogens (tertiary/aromatic N) is 2. The molecule has 1 saturated heterocycles. The topological polar surface area (TPSA) is 108 Å². The van der Waals surface area contributed by atoms with Crippen molar-refractivity contribution in [2.45, 2.75) is 32.6 Å². The van der Waals surface area contributed by atoms with Crippen LogP contribution in [0.2, 0.25) is 0 Å². The van der Waals surface area contributed by atoms with E-state index in [2.05, 4.69) is 10.6 Å². The van der Waals surface area contributed by atoms with Crippen molar-refractivity contribution in [2.75, 3.05) is 23.3 Å². The Kier molecular flexibility index (Phi) is 6.51. The number of phenolic OH excluding ortho intramolecular Hbond substituents is 1. The number of hydrogen-bond donors (Lipinski definition) is 3. The molecule has 1 heterocycles. The molecule has 2 aromatic rings. The highest BCUT2D eigenvalue weighted by Gasteiger charge is 2.24. The second-order valence-electron chi connectivity index (χ2n) is 7.49. The van der Waals surface area contributed by atoms with Crippen LogP contribution >= 0.6 is 12.2 Å². The maximum atomic E-state index is 12.6. The molecule has 8 nitrogen and oxygen atoms in total. The van der Waals surface area contributed by atoms with Crippen molar-refractivity contribution >= 4 is 40.3 Å². The quantitative estimate of drug-likeness (QED) is 0.284. The van der Waals surface area contributed by atoms with Gasteiger partial charge in [-0.2, -0.15) is 0 Å². The number of nitro benzene ring substituents is 1. The Bertz CT molecular complexity index is 987.